The molecule has 0 bridgehead atoms. The molecule has 1 aromatic rings. The fourth-order valence-corrected chi connectivity index (χ4v) is 4.81. The van der Waals surface area contributed by atoms with E-state index in [2.05, 4.69) is 0 Å². The molecular formula is C24H30O6. The molecule has 0 spiro atoms. The molecule has 0 saturated heterocycles. The second-order valence-electron chi connectivity index (χ2n) is 8.88. The molecule has 0 unspecified atom stereocenters. The lowest BCUT2D eigenvalue weighted by molar-refractivity contribution is -0.165. The van der Waals surface area contributed by atoms with Gasteiger partial charge in [0.05, 0.1) is 19.0 Å². The average molecular weight is 414 g/mol. The molecule has 1 fully saturated rings. The van der Waals surface area contributed by atoms with E-state index in [1.54, 1.807) is 13.8 Å². The lowest BCUT2D eigenvalue weighted by Crippen LogP contribution is -2.33. The van der Waals surface area contributed by atoms with E-state index in [0.29, 0.717) is 18.4 Å². The Hall–Kier alpha value is -2.63. The van der Waals surface area contributed by atoms with Crippen LogP contribution < -0.4 is 0 Å². The SMILES string of the molecule is CCOC(=O)C1(C(=O)OCC)[C@H](CC2=C(O)CC(C)(C)CC2=O)[C@H]1c1ccccc1. The van der Waals surface area contributed by atoms with Crippen LogP contribution in [-0.4, -0.2) is 36.0 Å². The molecule has 3 rings (SSSR count). The van der Waals surface area contributed by atoms with Crippen molar-refractivity contribution in [2.75, 3.05) is 13.2 Å². The number of allylic oxidation sites excluding steroid dienone is 2. The maximum atomic E-state index is 13.1. The third-order valence-electron chi connectivity index (χ3n) is 6.15. The van der Waals surface area contributed by atoms with E-state index in [9.17, 15) is 19.5 Å². The van der Waals surface area contributed by atoms with Gasteiger partial charge in [-0.15, -0.1) is 0 Å². The summed E-state index contributed by atoms with van der Waals surface area (Å²) in [6.45, 7) is 7.51. The number of hydrogen-bond donors (Lipinski definition) is 1. The topological polar surface area (TPSA) is 89.9 Å². The second kappa shape index (κ2) is 8.25. The summed E-state index contributed by atoms with van der Waals surface area (Å²) in [5.41, 5.74) is -0.691. The number of aliphatic hydroxyl groups is 1. The number of esters is 2. The van der Waals surface area contributed by atoms with E-state index in [-0.39, 0.29) is 36.6 Å². The predicted octanol–water partition coefficient (Wildman–Crippen LogP) is 4.10. The number of ketones is 1. The molecule has 1 saturated carbocycles. The Bertz CT molecular complexity index is 849. The molecule has 30 heavy (non-hydrogen) atoms. The third kappa shape index (κ3) is 3.75. The van der Waals surface area contributed by atoms with Gasteiger partial charge in [0.2, 0.25) is 0 Å². The van der Waals surface area contributed by atoms with Gasteiger partial charge in [-0.25, -0.2) is 0 Å². The van der Waals surface area contributed by atoms with Gasteiger partial charge in [0.15, 0.2) is 11.2 Å². The smallest absolute Gasteiger partial charge is 0.324 e. The quantitative estimate of drug-likeness (QED) is 0.534. The van der Waals surface area contributed by atoms with E-state index in [4.69, 9.17) is 9.47 Å². The van der Waals surface area contributed by atoms with Gasteiger partial charge in [-0.3, -0.25) is 14.4 Å². The first-order valence-electron chi connectivity index (χ1n) is 10.5. The molecule has 0 aliphatic heterocycles. The molecule has 1 aromatic carbocycles. The van der Waals surface area contributed by atoms with Crippen molar-refractivity contribution in [3.8, 4) is 0 Å². The lowest BCUT2D eigenvalue weighted by atomic mass is 9.75. The third-order valence-corrected chi connectivity index (χ3v) is 6.15. The van der Waals surface area contributed by atoms with Crippen LogP contribution in [0, 0.1) is 16.7 Å². The van der Waals surface area contributed by atoms with E-state index in [1.807, 2.05) is 44.2 Å². The van der Waals surface area contributed by atoms with Crippen molar-refractivity contribution in [3.63, 3.8) is 0 Å². The van der Waals surface area contributed by atoms with Crippen molar-refractivity contribution in [1.82, 2.24) is 0 Å². The van der Waals surface area contributed by atoms with Crippen molar-refractivity contribution >= 4 is 17.7 Å². The summed E-state index contributed by atoms with van der Waals surface area (Å²) in [7, 11) is 0. The molecule has 0 aromatic heterocycles. The van der Waals surface area contributed by atoms with Crippen LogP contribution in [0.1, 0.15) is 58.4 Å². The normalized spacial score (nSPS) is 24.3. The highest BCUT2D eigenvalue weighted by atomic mass is 16.6. The minimum Gasteiger partial charge on any atom is -0.512 e. The zero-order valence-corrected chi connectivity index (χ0v) is 18.1. The lowest BCUT2D eigenvalue weighted by Gasteiger charge is -2.29. The maximum Gasteiger partial charge on any atom is 0.324 e. The van der Waals surface area contributed by atoms with Crippen LogP contribution in [0.3, 0.4) is 0 Å². The molecule has 2 aliphatic rings. The summed E-state index contributed by atoms with van der Waals surface area (Å²) in [4.78, 5) is 38.9. The number of hydrogen-bond acceptors (Lipinski definition) is 6. The summed E-state index contributed by atoms with van der Waals surface area (Å²) < 4.78 is 10.6. The predicted molar refractivity (Wildman–Crippen MR) is 111 cm³/mol. The Morgan fingerprint density at radius 3 is 2.10 bits per heavy atom. The van der Waals surface area contributed by atoms with Crippen LogP contribution in [0.25, 0.3) is 0 Å². The molecule has 1 N–H and O–H groups in total. The van der Waals surface area contributed by atoms with Gasteiger partial charge in [-0.1, -0.05) is 44.2 Å². The van der Waals surface area contributed by atoms with Crippen LogP contribution in [0.15, 0.2) is 41.7 Å². The minimum atomic E-state index is -1.51. The summed E-state index contributed by atoms with van der Waals surface area (Å²) >= 11 is 0. The fraction of sp³-hybridized carbons (Fsp3) is 0.542. The van der Waals surface area contributed by atoms with E-state index >= 15 is 0 Å². The minimum absolute atomic E-state index is 0.0524. The molecule has 2 atom stereocenters. The first-order chi connectivity index (χ1) is 14.2. The number of ether oxygens (including phenoxy) is 2. The van der Waals surface area contributed by atoms with Gasteiger partial charge in [0.1, 0.15) is 0 Å². The first-order valence-corrected chi connectivity index (χ1v) is 10.5. The van der Waals surface area contributed by atoms with Crippen molar-refractivity contribution in [2.45, 2.75) is 52.9 Å². The van der Waals surface area contributed by atoms with Crippen molar-refractivity contribution in [2.24, 2.45) is 16.7 Å². The number of carbonyl (C=O) groups excluding carboxylic acids is 3. The van der Waals surface area contributed by atoms with Gasteiger partial charge in [-0.05, 0) is 37.2 Å². The van der Waals surface area contributed by atoms with Crippen LogP contribution >= 0.6 is 0 Å². The first kappa shape index (κ1) is 22.1. The van der Waals surface area contributed by atoms with Crippen LogP contribution in [0.2, 0.25) is 0 Å². The Morgan fingerprint density at radius 2 is 1.60 bits per heavy atom. The molecule has 0 heterocycles. The molecule has 6 heteroatoms. The summed E-state index contributed by atoms with van der Waals surface area (Å²) in [5, 5.41) is 10.6. The number of Topliss-reactive ketones (excluding diaryl/α,β-unsaturated/α-hetero) is 1. The Morgan fingerprint density at radius 1 is 1.03 bits per heavy atom. The zero-order valence-electron chi connectivity index (χ0n) is 18.1. The standard InChI is InChI=1S/C24H30O6/c1-5-29-21(27)24(22(28)30-6-2)17(20(24)15-10-8-7-9-11-15)12-16-18(25)13-23(3,4)14-19(16)26/h7-11,17,20,25H,5-6,12-14H2,1-4H3/t17-,20-/m1/s1. The highest BCUT2D eigenvalue weighted by Gasteiger charge is 2.76. The fourth-order valence-electron chi connectivity index (χ4n) is 4.81. The summed E-state index contributed by atoms with van der Waals surface area (Å²) in [5.74, 6) is -2.34. The van der Waals surface area contributed by atoms with Crippen molar-refractivity contribution in [3.05, 3.63) is 47.2 Å². The molecule has 0 radical (unpaired) electrons. The van der Waals surface area contributed by atoms with Gasteiger partial charge in [0, 0.05) is 24.3 Å². The van der Waals surface area contributed by atoms with Gasteiger partial charge < -0.3 is 14.6 Å². The van der Waals surface area contributed by atoms with Gasteiger partial charge in [0.25, 0.3) is 0 Å². The largest absolute Gasteiger partial charge is 0.512 e. The molecular weight excluding hydrogens is 384 g/mol. The Balaban J connectivity index is 2.04. The molecule has 0 amide bonds. The van der Waals surface area contributed by atoms with Crippen LogP contribution in [0.5, 0.6) is 0 Å². The van der Waals surface area contributed by atoms with Crippen LogP contribution in [0.4, 0.5) is 0 Å². The maximum absolute atomic E-state index is 13.1. The number of aliphatic hydroxyl groups excluding tert-OH is 1. The van der Waals surface area contributed by atoms with E-state index < -0.39 is 29.2 Å². The zero-order chi connectivity index (χ0) is 22.1. The molecule has 6 nitrogen and oxygen atoms in total. The van der Waals surface area contributed by atoms with Crippen molar-refractivity contribution < 1.29 is 29.0 Å². The highest BCUT2D eigenvalue weighted by molar-refractivity contribution is 6.07. The number of rotatable bonds is 7. The van der Waals surface area contributed by atoms with Crippen LogP contribution in [-0.2, 0) is 23.9 Å². The molecule has 2 aliphatic carbocycles. The Kier molecular flexibility index (Phi) is 6.06. The average Bonchev–Trinajstić information content (AvgIpc) is 3.34. The highest BCUT2D eigenvalue weighted by Crippen LogP contribution is 2.68. The summed E-state index contributed by atoms with van der Waals surface area (Å²) in [6, 6.07) is 9.27. The summed E-state index contributed by atoms with van der Waals surface area (Å²) in [6.07, 6.45) is 0.849. The number of benzene rings is 1. The molecule has 162 valence electrons. The van der Waals surface area contributed by atoms with E-state index in [1.165, 1.54) is 0 Å². The van der Waals surface area contributed by atoms with E-state index in [0.717, 1.165) is 5.56 Å². The van der Waals surface area contributed by atoms with Gasteiger partial charge in [-0.2, -0.15) is 0 Å². The monoisotopic (exact) mass is 414 g/mol. The number of carbonyl (C=O) groups is 3. The van der Waals surface area contributed by atoms with Crippen molar-refractivity contribution in [1.29, 1.82) is 0 Å². The van der Waals surface area contributed by atoms with Gasteiger partial charge >= 0.3 is 11.9 Å². The Labute approximate surface area is 177 Å². The second-order valence-corrected chi connectivity index (χ2v) is 8.88.